The smallest absolute Gasteiger partial charge is 0.406 e. The number of hydrogen-bond donors (Lipinski definition) is 1. The molecule has 0 heterocycles. The summed E-state index contributed by atoms with van der Waals surface area (Å²) in [4.78, 5) is -0.214. The van der Waals surface area contributed by atoms with E-state index in [2.05, 4.69) is 9.46 Å². The number of alkyl halides is 3. The highest BCUT2D eigenvalue weighted by Crippen LogP contribution is 2.23. The third-order valence-corrected chi connectivity index (χ3v) is 4.16. The van der Waals surface area contributed by atoms with Gasteiger partial charge in [-0.2, -0.15) is 0 Å². The van der Waals surface area contributed by atoms with Crippen LogP contribution in [0.25, 0.3) is 0 Å². The second-order valence-corrected chi connectivity index (χ2v) is 6.24. The van der Waals surface area contributed by atoms with Crippen LogP contribution in [0.4, 0.5) is 17.6 Å². The molecule has 2 aromatic rings. The van der Waals surface area contributed by atoms with Crippen molar-refractivity contribution in [2.24, 2.45) is 0 Å². The Morgan fingerprint density at radius 3 is 2.04 bits per heavy atom. The molecule has 9 heteroatoms. The summed E-state index contributed by atoms with van der Waals surface area (Å²) in [5, 5.41) is 0. The van der Waals surface area contributed by atoms with Crippen LogP contribution in [0.15, 0.2) is 53.4 Å². The van der Waals surface area contributed by atoms with Crippen LogP contribution in [0.3, 0.4) is 0 Å². The third-order valence-electron chi connectivity index (χ3n) is 2.75. The van der Waals surface area contributed by atoms with Gasteiger partial charge in [-0.05, 0) is 42.0 Å². The Labute approximate surface area is 129 Å². The van der Waals surface area contributed by atoms with Gasteiger partial charge >= 0.3 is 6.36 Å². The van der Waals surface area contributed by atoms with Crippen molar-refractivity contribution in [1.29, 1.82) is 0 Å². The molecule has 0 aliphatic heterocycles. The third kappa shape index (κ3) is 5.22. The minimum Gasteiger partial charge on any atom is -0.406 e. The van der Waals surface area contributed by atoms with Crippen molar-refractivity contribution in [3.8, 4) is 5.75 Å². The Morgan fingerprint density at radius 2 is 1.52 bits per heavy atom. The summed E-state index contributed by atoms with van der Waals surface area (Å²) >= 11 is 0. The van der Waals surface area contributed by atoms with E-state index in [0.717, 1.165) is 24.3 Å². The lowest BCUT2D eigenvalue weighted by Gasteiger charge is -2.10. The fourth-order valence-electron chi connectivity index (χ4n) is 1.68. The quantitative estimate of drug-likeness (QED) is 0.844. The van der Waals surface area contributed by atoms with Crippen molar-refractivity contribution in [2.45, 2.75) is 17.8 Å². The SMILES string of the molecule is O=S(=O)(NCc1ccc(F)cc1)c1ccc(OC(F)(F)F)cc1. The van der Waals surface area contributed by atoms with E-state index in [0.29, 0.717) is 5.56 Å². The monoisotopic (exact) mass is 349 g/mol. The van der Waals surface area contributed by atoms with Gasteiger partial charge in [0, 0.05) is 6.54 Å². The minimum absolute atomic E-state index is 0.0799. The van der Waals surface area contributed by atoms with Gasteiger partial charge in [0.2, 0.25) is 10.0 Å². The van der Waals surface area contributed by atoms with Gasteiger partial charge in [0.1, 0.15) is 11.6 Å². The van der Waals surface area contributed by atoms with Crippen molar-refractivity contribution in [3.05, 3.63) is 59.9 Å². The maximum Gasteiger partial charge on any atom is 0.573 e. The number of halogens is 4. The minimum atomic E-state index is -4.85. The van der Waals surface area contributed by atoms with Gasteiger partial charge in [-0.3, -0.25) is 0 Å². The molecule has 0 aliphatic rings. The molecule has 0 aliphatic carbocycles. The Balaban J connectivity index is 2.05. The lowest BCUT2D eigenvalue weighted by molar-refractivity contribution is -0.274. The maximum absolute atomic E-state index is 12.8. The Kier molecular flexibility index (Phi) is 4.90. The average molecular weight is 349 g/mol. The first-order chi connectivity index (χ1) is 10.7. The fourth-order valence-corrected chi connectivity index (χ4v) is 2.70. The molecule has 23 heavy (non-hydrogen) atoms. The number of nitrogens with one attached hydrogen (secondary N) is 1. The van der Waals surface area contributed by atoms with E-state index in [1.54, 1.807) is 0 Å². The van der Waals surface area contributed by atoms with Crippen LogP contribution in [0.2, 0.25) is 0 Å². The van der Waals surface area contributed by atoms with E-state index in [9.17, 15) is 26.0 Å². The number of rotatable bonds is 5. The van der Waals surface area contributed by atoms with Crippen LogP contribution in [-0.4, -0.2) is 14.8 Å². The van der Waals surface area contributed by atoms with Crippen LogP contribution in [0.5, 0.6) is 5.75 Å². The van der Waals surface area contributed by atoms with Gasteiger partial charge in [0.15, 0.2) is 0 Å². The molecule has 0 unspecified atom stereocenters. The molecule has 0 spiro atoms. The summed E-state index contributed by atoms with van der Waals surface area (Å²) < 4.78 is 78.8. The fraction of sp³-hybridized carbons (Fsp3) is 0.143. The summed E-state index contributed by atoms with van der Waals surface area (Å²) in [6, 6.07) is 9.00. The molecule has 1 N–H and O–H groups in total. The summed E-state index contributed by atoms with van der Waals surface area (Å²) in [7, 11) is -3.91. The second-order valence-electron chi connectivity index (χ2n) is 4.47. The van der Waals surface area contributed by atoms with Gasteiger partial charge in [-0.15, -0.1) is 13.2 Å². The van der Waals surface area contributed by atoms with Crippen molar-refractivity contribution in [1.82, 2.24) is 4.72 Å². The number of sulfonamides is 1. The predicted octanol–water partition coefficient (Wildman–Crippen LogP) is 3.20. The number of ether oxygens (including phenoxy) is 1. The standard InChI is InChI=1S/C14H11F4NO3S/c15-11-3-1-10(2-4-11)9-19-23(20,21)13-7-5-12(6-8-13)22-14(16,17)18/h1-8,19H,9H2. The van der Waals surface area contributed by atoms with Gasteiger partial charge in [-0.25, -0.2) is 17.5 Å². The molecule has 2 aromatic carbocycles. The Bertz CT molecular complexity index is 756. The predicted molar refractivity (Wildman–Crippen MR) is 73.6 cm³/mol. The molecule has 0 fully saturated rings. The van der Waals surface area contributed by atoms with Crippen molar-refractivity contribution in [2.75, 3.05) is 0 Å². The molecule has 4 nitrogen and oxygen atoms in total. The van der Waals surface area contributed by atoms with Gasteiger partial charge in [0.25, 0.3) is 0 Å². The van der Waals surface area contributed by atoms with Crippen LogP contribution in [-0.2, 0) is 16.6 Å². The number of hydrogen-bond acceptors (Lipinski definition) is 3. The maximum atomic E-state index is 12.8. The lowest BCUT2D eigenvalue weighted by atomic mass is 10.2. The van der Waals surface area contributed by atoms with E-state index in [1.165, 1.54) is 24.3 Å². The molecular weight excluding hydrogens is 338 g/mol. The van der Waals surface area contributed by atoms with Gasteiger partial charge in [0.05, 0.1) is 4.90 Å². The first-order valence-electron chi connectivity index (χ1n) is 6.26. The van der Waals surface area contributed by atoms with Crippen LogP contribution >= 0.6 is 0 Å². The molecule has 0 amide bonds. The first kappa shape index (κ1) is 17.2. The zero-order valence-electron chi connectivity index (χ0n) is 11.5. The highest BCUT2D eigenvalue weighted by atomic mass is 32.2. The molecule has 2 rings (SSSR count). The van der Waals surface area contributed by atoms with Gasteiger partial charge in [-0.1, -0.05) is 12.1 Å². The van der Waals surface area contributed by atoms with Crippen LogP contribution < -0.4 is 9.46 Å². The summed E-state index contributed by atoms with van der Waals surface area (Å²) in [6.07, 6.45) is -4.85. The molecule has 0 saturated heterocycles. The van der Waals surface area contributed by atoms with Crippen LogP contribution in [0.1, 0.15) is 5.56 Å². The van der Waals surface area contributed by atoms with Crippen molar-refractivity contribution in [3.63, 3.8) is 0 Å². The van der Waals surface area contributed by atoms with E-state index >= 15 is 0 Å². The molecule has 0 aromatic heterocycles. The number of benzene rings is 2. The summed E-state index contributed by atoms with van der Waals surface area (Å²) in [6.45, 7) is -0.0799. The Morgan fingerprint density at radius 1 is 0.957 bits per heavy atom. The van der Waals surface area contributed by atoms with Crippen molar-refractivity contribution < 1.29 is 30.7 Å². The summed E-state index contributed by atoms with van der Waals surface area (Å²) in [5.41, 5.74) is 0.534. The molecule has 0 atom stereocenters. The largest absolute Gasteiger partial charge is 0.573 e. The molecule has 0 radical (unpaired) electrons. The second kappa shape index (κ2) is 6.55. The zero-order valence-corrected chi connectivity index (χ0v) is 12.3. The van der Waals surface area contributed by atoms with E-state index < -0.39 is 28.0 Å². The van der Waals surface area contributed by atoms with Crippen molar-refractivity contribution >= 4 is 10.0 Å². The molecular formula is C14H11F4NO3S. The lowest BCUT2D eigenvalue weighted by Crippen LogP contribution is -2.23. The zero-order chi connectivity index (χ0) is 17.1. The first-order valence-corrected chi connectivity index (χ1v) is 7.74. The van der Waals surface area contributed by atoms with E-state index in [-0.39, 0.29) is 11.4 Å². The van der Waals surface area contributed by atoms with Gasteiger partial charge < -0.3 is 4.74 Å². The van der Waals surface area contributed by atoms with Crippen LogP contribution in [0, 0.1) is 5.82 Å². The highest BCUT2D eigenvalue weighted by molar-refractivity contribution is 7.89. The normalized spacial score (nSPS) is 12.2. The molecule has 0 bridgehead atoms. The Hall–Kier alpha value is -2.13. The molecule has 124 valence electrons. The highest BCUT2D eigenvalue weighted by Gasteiger charge is 2.31. The van der Waals surface area contributed by atoms with E-state index in [1.807, 2.05) is 0 Å². The summed E-state index contributed by atoms with van der Waals surface area (Å²) in [5.74, 6) is -0.966. The topological polar surface area (TPSA) is 55.4 Å². The average Bonchev–Trinajstić information content (AvgIpc) is 2.46. The molecule has 0 saturated carbocycles. The van der Waals surface area contributed by atoms with E-state index in [4.69, 9.17) is 0 Å².